The van der Waals surface area contributed by atoms with E-state index in [-0.39, 0.29) is 21.6 Å². The number of aromatic hydroxyl groups is 2. The summed E-state index contributed by atoms with van der Waals surface area (Å²) in [6.45, 7) is 0. The number of aromatic nitrogens is 1. The number of nitrogen functional groups attached to an aromatic ring is 1. The Morgan fingerprint density at radius 1 is 1.46 bits per heavy atom. The van der Waals surface area contributed by atoms with Crippen LogP contribution in [0, 0.1) is 5.21 Å². The van der Waals surface area contributed by atoms with Gasteiger partial charge in [0, 0.05) is 11.0 Å². The summed E-state index contributed by atoms with van der Waals surface area (Å²) in [4.78, 5) is 0.153. The largest absolute Gasteiger partial charge is 0.504 e. The molecule has 0 radical (unpaired) electrons. The van der Waals surface area contributed by atoms with Gasteiger partial charge in [-0.1, -0.05) is 0 Å². The van der Waals surface area contributed by atoms with E-state index in [4.69, 9.17) is 10.8 Å². The lowest BCUT2D eigenvalue weighted by Crippen LogP contribution is -2.19. The molecule has 0 amide bonds. The Morgan fingerprint density at radius 3 is 2.85 bits per heavy atom. The summed E-state index contributed by atoms with van der Waals surface area (Å²) in [5.41, 5.74) is 5.51. The van der Waals surface area contributed by atoms with E-state index in [2.05, 4.69) is 4.52 Å². The first-order valence-corrected chi connectivity index (χ1v) is 3.43. The topological polar surface area (TPSA) is 107 Å². The van der Waals surface area contributed by atoms with Gasteiger partial charge in [0.2, 0.25) is 6.20 Å². The predicted molar refractivity (Wildman–Crippen MR) is 42.9 cm³/mol. The minimum Gasteiger partial charge on any atom is -0.504 e. The molecule has 0 fully saturated rings. The van der Waals surface area contributed by atoms with Crippen LogP contribution in [0.3, 0.4) is 0 Å². The molecule has 68 valence electrons. The molecule has 0 unspecified atom stereocenters. The first kappa shape index (κ1) is 7.53. The Bertz CT molecular complexity index is 477. The van der Waals surface area contributed by atoms with E-state index in [0.717, 1.165) is 12.3 Å². The fourth-order valence-corrected chi connectivity index (χ4v) is 1.12. The van der Waals surface area contributed by atoms with Gasteiger partial charge in [-0.2, -0.15) is 0 Å². The third-order valence-electron chi connectivity index (χ3n) is 1.72. The Balaban J connectivity index is 2.95. The third kappa shape index (κ3) is 0.919. The summed E-state index contributed by atoms with van der Waals surface area (Å²) in [6.07, 6.45) is 1.07. The van der Waals surface area contributed by atoms with Gasteiger partial charge in [0.15, 0.2) is 11.5 Å². The van der Waals surface area contributed by atoms with Gasteiger partial charge in [-0.25, -0.2) is 0 Å². The maximum Gasteiger partial charge on any atom is 0.244 e. The van der Waals surface area contributed by atoms with Crippen molar-refractivity contribution in [1.82, 2.24) is 0 Å². The normalized spacial score (nSPS) is 10.8. The SMILES string of the molecule is Nc1cc(O)c(O)c2o[n+]([O-])cc12. The zero-order valence-corrected chi connectivity index (χ0v) is 6.39. The highest BCUT2D eigenvalue weighted by molar-refractivity contribution is 5.93. The molecule has 0 aliphatic carbocycles. The van der Waals surface area contributed by atoms with Gasteiger partial charge in [0.1, 0.15) is 5.58 Å². The van der Waals surface area contributed by atoms with Crippen molar-refractivity contribution in [2.75, 3.05) is 5.73 Å². The Kier molecular flexibility index (Phi) is 1.27. The second kappa shape index (κ2) is 2.19. The maximum absolute atomic E-state index is 10.7. The van der Waals surface area contributed by atoms with Crippen LogP contribution in [0.2, 0.25) is 0 Å². The molecule has 1 heterocycles. The average molecular weight is 182 g/mol. The fraction of sp³-hybridized carbons (Fsp3) is 0. The van der Waals surface area contributed by atoms with E-state index in [9.17, 15) is 10.3 Å². The average Bonchev–Trinajstić information content (AvgIpc) is 2.44. The first-order chi connectivity index (χ1) is 6.09. The molecule has 6 nitrogen and oxygen atoms in total. The summed E-state index contributed by atoms with van der Waals surface area (Å²) in [7, 11) is 0. The number of phenols is 2. The van der Waals surface area contributed by atoms with Gasteiger partial charge >= 0.3 is 0 Å². The monoisotopic (exact) mass is 182 g/mol. The summed E-state index contributed by atoms with van der Waals surface area (Å²) in [5, 5.41) is 29.3. The Hall–Kier alpha value is -2.11. The lowest BCUT2D eigenvalue weighted by molar-refractivity contribution is -0.788. The van der Waals surface area contributed by atoms with Crippen molar-refractivity contribution in [3.05, 3.63) is 17.5 Å². The second-order valence-electron chi connectivity index (χ2n) is 2.58. The number of phenolic OH excluding ortho intramolecular Hbond substituents is 2. The molecular formula is C7H6N2O4. The molecule has 0 spiro atoms. The molecule has 1 aromatic carbocycles. The summed E-state index contributed by atoms with van der Waals surface area (Å²) in [5.74, 6) is -0.904. The predicted octanol–water partition coefficient (Wildman–Crippen LogP) is 0.0596. The van der Waals surface area contributed by atoms with Crippen molar-refractivity contribution in [3.63, 3.8) is 0 Å². The lowest BCUT2D eigenvalue weighted by Gasteiger charge is -1.99. The van der Waals surface area contributed by atoms with E-state index in [1.54, 1.807) is 0 Å². The number of hydrogen-bond acceptors (Lipinski definition) is 5. The molecule has 0 saturated heterocycles. The highest BCUT2D eigenvalue weighted by Crippen LogP contribution is 2.36. The van der Waals surface area contributed by atoms with Crippen LogP contribution in [0.5, 0.6) is 11.5 Å². The second-order valence-corrected chi connectivity index (χ2v) is 2.58. The molecule has 0 bridgehead atoms. The number of nitrogens with two attached hydrogens (primary N) is 1. The van der Waals surface area contributed by atoms with Crippen LogP contribution in [0.25, 0.3) is 11.0 Å². The van der Waals surface area contributed by atoms with Crippen molar-refractivity contribution in [3.8, 4) is 11.5 Å². The van der Waals surface area contributed by atoms with Gasteiger partial charge in [0.05, 0.1) is 11.1 Å². The highest BCUT2D eigenvalue weighted by Gasteiger charge is 2.13. The van der Waals surface area contributed by atoms with Crippen LogP contribution < -0.4 is 10.6 Å². The smallest absolute Gasteiger partial charge is 0.244 e. The molecule has 0 saturated carbocycles. The van der Waals surface area contributed by atoms with Crippen molar-refractivity contribution in [1.29, 1.82) is 0 Å². The standard InChI is InChI=1S/C7H6N2O4/c8-4-1-5(10)6(11)7-3(4)2-9(12)13-7/h1-2,10-11H,8H2. The zero-order valence-electron chi connectivity index (χ0n) is 6.39. The van der Waals surface area contributed by atoms with Gasteiger partial charge in [-0.3, -0.25) is 5.21 Å². The molecule has 6 heteroatoms. The van der Waals surface area contributed by atoms with Gasteiger partial charge in [-0.15, -0.1) is 0 Å². The van der Waals surface area contributed by atoms with Crippen LogP contribution in [0.15, 0.2) is 16.8 Å². The number of hydrogen-bond donors (Lipinski definition) is 3. The summed E-state index contributed by atoms with van der Waals surface area (Å²) >= 11 is 0. The van der Waals surface area contributed by atoms with Crippen LogP contribution in [0.1, 0.15) is 0 Å². The molecule has 2 rings (SSSR count). The Labute approximate surface area is 72.0 Å². The lowest BCUT2D eigenvalue weighted by atomic mass is 10.2. The van der Waals surface area contributed by atoms with Gasteiger partial charge < -0.3 is 20.5 Å². The van der Waals surface area contributed by atoms with E-state index < -0.39 is 11.5 Å². The van der Waals surface area contributed by atoms with E-state index >= 15 is 0 Å². The number of anilines is 1. The van der Waals surface area contributed by atoms with Crippen LogP contribution in [-0.4, -0.2) is 10.2 Å². The molecule has 13 heavy (non-hydrogen) atoms. The van der Waals surface area contributed by atoms with Crippen LogP contribution >= 0.6 is 0 Å². The zero-order chi connectivity index (χ0) is 9.59. The van der Waals surface area contributed by atoms with E-state index in [1.165, 1.54) is 0 Å². The van der Waals surface area contributed by atoms with Crippen molar-refractivity contribution < 1.29 is 19.6 Å². The van der Waals surface area contributed by atoms with Crippen molar-refractivity contribution >= 4 is 16.7 Å². The quantitative estimate of drug-likeness (QED) is 0.231. The van der Waals surface area contributed by atoms with E-state index in [0.29, 0.717) is 0 Å². The molecule has 2 aromatic rings. The maximum atomic E-state index is 10.7. The van der Waals surface area contributed by atoms with Gasteiger partial charge in [-0.05, 0) is 0 Å². The van der Waals surface area contributed by atoms with Crippen LogP contribution in [-0.2, 0) is 0 Å². The van der Waals surface area contributed by atoms with Crippen LogP contribution in [0.4, 0.5) is 5.69 Å². The van der Waals surface area contributed by atoms with Crippen molar-refractivity contribution in [2.24, 2.45) is 0 Å². The Morgan fingerprint density at radius 2 is 2.15 bits per heavy atom. The molecule has 0 atom stereocenters. The fourth-order valence-electron chi connectivity index (χ4n) is 1.12. The molecule has 0 aliphatic rings. The molecule has 4 N–H and O–H groups in total. The minimum absolute atomic E-state index is 0.118. The first-order valence-electron chi connectivity index (χ1n) is 3.43. The molecule has 1 aromatic heterocycles. The highest BCUT2D eigenvalue weighted by atomic mass is 16.7. The number of rotatable bonds is 0. The molecule has 0 aliphatic heterocycles. The number of fused-ring (bicyclic) bond motifs is 1. The number of benzene rings is 1. The third-order valence-corrected chi connectivity index (χ3v) is 1.72. The molecular weight excluding hydrogens is 176 g/mol. The van der Waals surface area contributed by atoms with Gasteiger partial charge in [0.25, 0.3) is 0 Å². The minimum atomic E-state index is -0.487. The summed E-state index contributed by atoms with van der Waals surface area (Å²) < 4.78 is 4.53. The van der Waals surface area contributed by atoms with E-state index in [1.807, 2.05) is 0 Å². The summed E-state index contributed by atoms with van der Waals surface area (Å²) in [6, 6.07) is 1.15. The van der Waals surface area contributed by atoms with Crippen molar-refractivity contribution in [2.45, 2.75) is 0 Å². The number of nitrogens with zero attached hydrogens (tertiary/aromatic N) is 1.